The van der Waals surface area contributed by atoms with E-state index >= 15 is 0 Å². The molecule has 0 aliphatic carbocycles. The third-order valence-corrected chi connectivity index (χ3v) is 4.39. The third kappa shape index (κ3) is 6.08. The molecule has 7 heteroatoms. The topological polar surface area (TPSA) is 65.7 Å². The molecule has 1 aromatic heterocycles. The number of aromatic nitrogens is 1. The fraction of sp³-hybridized carbons (Fsp3) is 0.647. The lowest BCUT2D eigenvalue weighted by Crippen LogP contribution is -2.49. The summed E-state index contributed by atoms with van der Waals surface area (Å²) in [6.45, 7) is 11.8. The molecule has 0 saturated carbocycles. The molecule has 0 amide bonds. The van der Waals surface area contributed by atoms with E-state index in [0.717, 1.165) is 62.9 Å². The van der Waals surface area contributed by atoms with Crippen molar-refractivity contribution in [2.24, 2.45) is 4.99 Å². The van der Waals surface area contributed by atoms with Gasteiger partial charge >= 0.3 is 0 Å². The first-order valence-corrected chi connectivity index (χ1v) is 8.36. The minimum absolute atomic E-state index is 0. The van der Waals surface area contributed by atoms with E-state index < -0.39 is 0 Å². The Morgan fingerprint density at radius 2 is 2.12 bits per heavy atom. The van der Waals surface area contributed by atoms with Crippen molar-refractivity contribution in [1.82, 2.24) is 20.7 Å². The molecule has 2 heterocycles. The molecule has 6 nitrogen and oxygen atoms in total. The van der Waals surface area contributed by atoms with E-state index in [4.69, 9.17) is 4.52 Å². The lowest BCUT2D eigenvalue weighted by Gasteiger charge is -2.32. The summed E-state index contributed by atoms with van der Waals surface area (Å²) >= 11 is 0. The summed E-state index contributed by atoms with van der Waals surface area (Å²) in [4.78, 5) is 6.76. The van der Waals surface area contributed by atoms with Crippen LogP contribution in [0, 0.1) is 13.8 Å². The second-order valence-electron chi connectivity index (χ2n) is 6.06. The maximum atomic E-state index is 5.20. The van der Waals surface area contributed by atoms with Gasteiger partial charge < -0.3 is 15.2 Å². The summed E-state index contributed by atoms with van der Waals surface area (Å²) in [6.07, 6.45) is 5.14. The highest BCUT2D eigenvalue weighted by molar-refractivity contribution is 14.0. The zero-order chi connectivity index (χ0) is 16.7. The number of guanidine groups is 1. The van der Waals surface area contributed by atoms with Crippen LogP contribution < -0.4 is 10.6 Å². The highest BCUT2D eigenvalue weighted by Crippen LogP contribution is 2.12. The van der Waals surface area contributed by atoms with Crippen molar-refractivity contribution >= 4 is 29.9 Å². The van der Waals surface area contributed by atoms with E-state index in [9.17, 15) is 0 Å². The molecule has 0 atom stereocenters. The number of rotatable bonds is 6. The van der Waals surface area contributed by atoms with Gasteiger partial charge in [0.25, 0.3) is 0 Å². The SMILES string of the molecule is C=CCN1CCC(NC(=NC)NCCc2c(C)noc2C)CC1.I. The fourth-order valence-electron chi connectivity index (χ4n) is 3.00. The van der Waals surface area contributed by atoms with Crippen LogP contribution in [0.25, 0.3) is 0 Å². The Labute approximate surface area is 162 Å². The minimum Gasteiger partial charge on any atom is -0.361 e. The van der Waals surface area contributed by atoms with Crippen molar-refractivity contribution in [1.29, 1.82) is 0 Å². The van der Waals surface area contributed by atoms with Gasteiger partial charge in [0.2, 0.25) is 0 Å². The molecule has 0 bridgehead atoms. The number of halogens is 1. The number of piperidine rings is 1. The smallest absolute Gasteiger partial charge is 0.191 e. The van der Waals surface area contributed by atoms with Crippen LogP contribution >= 0.6 is 24.0 Å². The van der Waals surface area contributed by atoms with Crippen LogP contribution in [0.5, 0.6) is 0 Å². The number of hydrogen-bond acceptors (Lipinski definition) is 4. The molecule has 0 aromatic carbocycles. The van der Waals surface area contributed by atoms with Crippen LogP contribution in [0.1, 0.15) is 29.9 Å². The second-order valence-corrected chi connectivity index (χ2v) is 6.06. The standard InChI is InChI=1S/C17H29N5O.HI/c1-5-10-22-11-7-15(8-12-22)20-17(18-4)19-9-6-16-13(2)21-23-14(16)3;/h5,15H,1,6-12H2,2-4H3,(H2,18,19,20);1H. The van der Waals surface area contributed by atoms with Crippen molar-refractivity contribution in [3.8, 4) is 0 Å². The first-order valence-electron chi connectivity index (χ1n) is 8.36. The molecular formula is C17H30IN5O. The van der Waals surface area contributed by atoms with Crippen LogP contribution in [0.2, 0.25) is 0 Å². The summed E-state index contributed by atoms with van der Waals surface area (Å²) in [7, 11) is 1.82. The van der Waals surface area contributed by atoms with Gasteiger partial charge in [0.05, 0.1) is 5.69 Å². The lowest BCUT2D eigenvalue weighted by molar-refractivity contribution is 0.225. The lowest BCUT2D eigenvalue weighted by atomic mass is 10.1. The van der Waals surface area contributed by atoms with Crippen LogP contribution in [0.4, 0.5) is 0 Å². The molecule has 1 fully saturated rings. The van der Waals surface area contributed by atoms with Crippen LogP contribution in [0.15, 0.2) is 22.2 Å². The van der Waals surface area contributed by atoms with Gasteiger partial charge in [-0.3, -0.25) is 9.89 Å². The van der Waals surface area contributed by atoms with Crippen molar-refractivity contribution in [2.75, 3.05) is 33.2 Å². The van der Waals surface area contributed by atoms with Crippen LogP contribution in [0.3, 0.4) is 0 Å². The second kappa shape index (κ2) is 10.7. The van der Waals surface area contributed by atoms with Gasteiger partial charge in [0.15, 0.2) is 5.96 Å². The van der Waals surface area contributed by atoms with Crippen molar-refractivity contribution in [2.45, 2.75) is 39.2 Å². The Bertz CT molecular complexity index is 516. The predicted octanol–water partition coefficient (Wildman–Crippen LogP) is 2.27. The highest BCUT2D eigenvalue weighted by Gasteiger charge is 2.19. The minimum atomic E-state index is 0. The number of nitrogens with zero attached hydrogens (tertiary/aromatic N) is 3. The molecule has 1 aliphatic rings. The summed E-state index contributed by atoms with van der Waals surface area (Å²) < 4.78 is 5.20. The van der Waals surface area contributed by atoms with Gasteiger partial charge in [0, 0.05) is 44.8 Å². The molecule has 1 aliphatic heterocycles. The predicted molar refractivity (Wildman–Crippen MR) is 109 cm³/mol. The Morgan fingerprint density at radius 3 is 2.67 bits per heavy atom. The molecule has 0 spiro atoms. The summed E-state index contributed by atoms with van der Waals surface area (Å²) in [5, 5.41) is 10.9. The van der Waals surface area contributed by atoms with E-state index in [1.165, 1.54) is 5.56 Å². The molecule has 1 aromatic rings. The largest absolute Gasteiger partial charge is 0.361 e. The van der Waals surface area contributed by atoms with Crippen LogP contribution in [-0.2, 0) is 6.42 Å². The van der Waals surface area contributed by atoms with E-state index in [1.807, 2.05) is 27.0 Å². The molecule has 0 unspecified atom stereocenters. The van der Waals surface area contributed by atoms with Gasteiger partial charge in [-0.1, -0.05) is 11.2 Å². The number of nitrogens with one attached hydrogen (secondary N) is 2. The number of hydrogen-bond donors (Lipinski definition) is 2. The van der Waals surface area contributed by atoms with Gasteiger partial charge in [-0.25, -0.2) is 0 Å². The van der Waals surface area contributed by atoms with Gasteiger partial charge in [-0.05, 0) is 33.1 Å². The third-order valence-electron chi connectivity index (χ3n) is 4.39. The molecular weight excluding hydrogens is 417 g/mol. The normalized spacial score (nSPS) is 16.5. The summed E-state index contributed by atoms with van der Waals surface area (Å²) in [6, 6.07) is 0.487. The van der Waals surface area contributed by atoms with Gasteiger partial charge in [0.1, 0.15) is 5.76 Å². The highest BCUT2D eigenvalue weighted by atomic mass is 127. The van der Waals surface area contributed by atoms with Crippen molar-refractivity contribution in [3.05, 3.63) is 29.7 Å². The van der Waals surface area contributed by atoms with E-state index in [0.29, 0.717) is 6.04 Å². The maximum Gasteiger partial charge on any atom is 0.191 e. The molecule has 24 heavy (non-hydrogen) atoms. The average Bonchev–Trinajstić information content (AvgIpc) is 2.87. The Morgan fingerprint density at radius 1 is 1.42 bits per heavy atom. The zero-order valence-electron chi connectivity index (χ0n) is 15.0. The monoisotopic (exact) mass is 447 g/mol. The number of aliphatic imine (C=N–C) groups is 1. The Balaban J connectivity index is 0.00000288. The molecule has 2 N–H and O–H groups in total. The Kier molecular flexibility index (Phi) is 9.35. The molecule has 0 radical (unpaired) electrons. The molecule has 1 saturated heterocycles. The van der Waals surface area contributed by atoms with Gasteiger partial charge in [-0.15, -0.1) is 30.6 Å². The summed E-state index contributed by atoms with van der Waals surface area (Å²) in [5.41, 5.74) is 2.16. The van der Waals surface area contributed by atoms with Crippen LogP contribution in [-0.4, -0.2) is 55.3 Å². The Hall–Kier alpha value is -1.09. The van der Waals surface area contributed by atoms with Crippen molar-refractivity contribution in [3.63, 3.8) is 0 Å². The quantitative estimate of drug-likeness (QED) is 0.303. The molecule has 2 rings (SSSR count). The first-order chi connectivity index (χ1) is 11.1. The fourth-order valence-corrected chi connectivity index (χ4v) is 3.00. The van der Waals surface area contributed by atoms with Gasteiger partial charge in [-0.2, -0.15) is 0 Å². The maximum absolute atomic E-state index is 5.20. The zero-order valence-corrected chi connectivity index (χ0v) is 17.3. The van der Waals surface area contributed by atoms with Crippen molar-refractivity contribution < 1.29 is 4.52 Å². The van der Waals surface area contributed by atoms with E-state index in [1.54, 1.807) is 0 Å². The first kappa shape index (κ1) is 21.0. The number of aryl methyl sites for hydroxylation is 2. The number of likely N-dealkylation sites (tertiary alicyclic amines) is 1. The average molecular weight is 447 g/mol. The van der Waals surface area contributed by atoms with E-state index in [2.05, 4.69) is 32.3 Å². The molecule has 136 valence electrons. The summed E-state index contributed by atoms with van der Waals surface area (Å²) in [5.74, 6) is 1.78. The van der Waals surface area contributed by atoms with E-state index in [-0.39, 0.29) is 24.0 Å².